The summed E-state index contributed by atoms with van der Waals surface area (Å²) in [6, 6.07) is 11.0. The summed E-state index contributed by atoms with van der Waals surface area (Å²) in [5.41, 5.74) is 2.53. The molecule has 6 heteroatoms. The number of carbonyl (C=O) groups is 2. The number of anilines is 1. The fourth-order valence-corrected chi connectivity index (χ4v) is 3.31. The molecule has 2 heterocycles. The van der Waals surface area contributed by atoms with Crippen LogP contribution in [0.2, 0.25) is 0 Å². The average molecular weight is 352 g/mol. The van der Waals surface area contributed by atoms with Crippen molar-refractivity contribution in [1.82, 2.24) is 15.6 Å². The third-order valence-electron chi connectivity index (χ3n) is 4.68. The third kappa shape index (κ3) is 3.69. The SMILES string of the molecule is CCN(CC)c1ncccc1CNC(=O)C[C@H]1NC(=O)c2ccccc21. The third-order valence-corrected chi connectivity index (χ3v) is 4.68. The molecule has 0 spiro atoms. The van der Waals surface area contributed by atoms with E-state index in [9.17, 15) is 9.59 Å². The van der Waals surface area contributed by atoms with Gasteiger partial charge < -0.3 is 15.5 Å². The number of amides is 2. The average Bonchev–Trinajstić information content (AvgIpc) is 2.98. The van der Waals surface area contributed by atoms with E-state index in [1.807, 2.05) is 30.3 Å². The first-order valence-corrected chi connectivity index (χ1v) is 8.99. The molecule has 6 nitrogen and oxygen atoms in total. The Morgan fingerprint density at radius 2 is 1.96 bits per heavy atom. The van der Waals surface area contributed by atoms with Gasteiger partial charge in [0.2, 0.25) is 5.91 Å². The van der Waals surface area contributed by atoms with E-state index in [2.05, 4.69) is 34.4 Å². The molecule has 1 aromatic carbocycles. The molecular formula is C20H24N4O2. The van der Waals surface area contributed by atoms with Crippen molar-refractivity contribution in [2.45, 2.75) is 32.9 Å². The molecule has 1 aromatic heterocycles. The number of fused-ring (bicyclic) bond motifs is 1. The number of hydrogen-bond acceptors (Lipinski definition) is 4. The maximum absolute atomic E-state index is 12.4. The lowest BCUT2D eigenvalue weighted by atomic mass is 10.0. The second-order valence-corrected chi connectivity index (χ2v) is 6.25. The van der Waals surface area contributed by atoms with Crippen molar-refractivity contribution in [3.63, 3.8) is 0 Å². The summed E-state index contributed by atoms with van der Waals surface area (Å²) in [5, 5.41) is 5.83. The van der Waals surface area contributed by atoms with Crippen LogP contribution in [-0.4, -0.2) is 29.9 Å². The molecule has 0 saturated heterocycles. The number of rotatable bonds is 7. The van der Waals surface area contributed by atoms with Crippen LogP contribution in [0.25, 0.3) is 0 Å². The van der Waals surface area contributed by atoms with Crippen LogP contribution in [-0.2, 0) is 11.3 Å². The molecule has 2 N–H and O–H groups in total. The Labute approximate surface area is 153 Å². The van der Waals surface area contributed by atoms with Crippen LogP contribution in [0.3, 0.4) is 0 Å². The van der Waals surface area contributed by atoms with Crippen molar-refractivity contribution in [1.29, 1.82) is 0 Å². The van der Waals surface area contributed by atoms with E-state index in [-0.39, 0.29) is 24.3 Å². The summed E-state index contributed by atoms with van der Waals surface area (Å²) in [4.78, 5) is 31.0. The second kappa shape index (κ2) is 7.99. The van der Waals surface area contributed by atoms with Gasteiger partial charge in [-0.25, -0.2) is 4.98 Å². The van der Waals surface area contributed by atoms with E-state index in [1.165, 1.54) is 0 Å². The Morgan fingerprint density at radius 1 is 1.19 bits per heavy atom. The number of nitrogens with zero attached hydrogens (tertiary/aromatic N) is 2. The molecule has 0 unspecified atom stereocenters. The minimum absolute atomic E-state index is 0.0960. The van der Waals surface area contributed by atoms with E-state index >= 15 is 0 Å². The van der Waals surface area contributed by atoms with Crippen LogP contribution in [0.4, 0.5) is 5.82 Å². The first-order valence-electron chi connectivity index (χ1n) is 8.99. The van der Waals surface area contributed by atoms with Gasteiger partial charge in [0.15, 0.2) is 0 Å². The zero-order chi connectivity index (χ0) is 18.5. The lowest BCUT2D eigenvalue weighted by Crippen LogP contribution is -2.30. The van der Waals surface area contributed by atoms with Gasteiger partial charge in [0.05, 0.1) is 12.5 Å². The van der Waals surface area contributed by atoms with Gasteiger partial charge >= 0.3 is 0 Å². The summed E-state index contributed by atoms with van der Waals surface area (Å²) in [6.45, 7) is 6.31. The van der Waals surface area contributed by atoms with Crippen LogP contribution < -0.4 is 15.5 Å². The maximum atomic E-state index is 12.4. The Balaban J connectivity index is 1.63. The number of carbonyl (C=O) groups excluding carboxylic acids is 2. The van der Waals surface area contributed by atoms with Crippen molar-refractivity contribution in [3.05, 3.63) is 59.3 Å². The molecule has 0 bridgehead atoms. The fourth-order valence-electron chi connectivity index (χ4n) is 3.31. The molecule has 26 heavy (non-hydrogen) atoms. The molecule has 0 saturated carbocycles. The molecule has 136 valence electrons. The first-order chi connectivity index (χ1) is 12.6. The standard InChI is InChI=1S/C20H24N4O2/c1-3-24(4-2)19-14(8-7-11-21-19)13-22-18(25)12-17-15-9-5-6-10-16(15)20(26)23-17/h5-11,17H,3-4,12-13H2,1-2H3,(H,22,25)(H,23,26)/t17-/m1/s1. The summed E-state index contributed by atoms with van der Waals surface area (Å²) < 4.78 is 0. The highest BCUT2D eigenvalue weighted by Gasteiger charge is 2.29. The lowest BCUT2D eigenvalue weighted by Gasteiger charge is -2.22. The van der Waals surface area contributed by atoms with E-state index in [0.717, 1.165) is 30.0 Å². The van der Waals surface area contributed by atoms with Gasteiger partial charge in [-0.3, -0.25) is 9.59 Å². The fraction of sp³-hybridized carbons (Fsp3) is 0.350. The highest BCUT2D eigenvalue weighted by molar-refractivity contribution is 5.99. The van der Waals surface area contributed by atoms with E-state index in [1.54, 1.807) is 12.3 Å². The van der Waals surface area contributed by atoms with E-state index in [0.29, 0.717) is 12.1 Å². The molecule has 1 aliphatic rings. The van der Waals surface area contributed by atoms with Crippen LogP contribution >= 0.6 is 0 Å². The molecule has 0 aliphatic carbocycles. The Kier molecular flexibility index (Phi) is 5.51. The van der Waals surface area contributed by atoms with Crippen LogP contribution in [0.15, 0.2) is 42.6 Å². The van der Waals surface area contributed by atoms with Gasteiger partial charge in [-0.05, 0) is 31.5 Å². The van der Waals surface area contributed by atoms with Crippen molar-refractivity contribution >= 4 is 17.6 Å². The summed E-state index contributed by atoms with van der Waals surface area (Å²) >= 11 is 0. The first kappa shape index (κ1) is 17.9. The zero-order valence-electron chi connectivity index (χ0n) is 15.2. The largest absolute Gasteiger partial charge is 0.357 e. The predicted molar refractivity (Wildman–Crippen MR) is 101 cm³/mol. The lowest BCUT2D eigenvalue weighted by molar-refractivity contribution is -0.121. The van der Waals surface area contributed by atoms with Crippen LogP contribution in [0.5, 0.6) is 0 Å². The van der Waals surface area contributed by atoms with Crippen LogP contribution in [0, 0.1) is 0 Å². The molecule has 2 aromatic rings. The Hall–Kier alpha value is -2.89. The highest BCUT2D eigenvalue weighted by atomic mass is 16.2. The predicted octanol–water partition coefficient (Wildman–Crippen LogP) is 2.42. The molecule has 2 amide bonds. The minimum Gasteiger partial charge on any atom is -0.357 e. The van der Waals surface area contributed by atoms with E-state index in [4.69, 9.17) is 0 Å². The van der Waals surface area contributed by atoms with Crippen molar-refractivity contribution in [2.75, 3.05) is 18.0 Å². The number of pyridine rings is 1. The Bertz CT molecular complexity index is 802. The van der Waals surface area contributed by atoms with Gasteiger partial charge in [0.1, 0.15) is 5.82 Å². The molecular weight excluding hydrogens is 328 g/mol. The summed E-state index contributed by atoms with van der Waals surface area (Å²) in [7, 11) is 0. The van der Waals surface area contributed by atoms with Crippen molar-refractivity contribution in [2.24, 2.45) is 0 Å². The topological polar surface area (TPSA) is 74.3 Å². The van der Waals surface area contributed by atoms with Gasteiger partial charge in [-0.15, -0.1) is 0 Å². The second-order valence-electron chi connectivity index (χ2n) is 6.25. The van der Waals surface area contributed by atoms with Crippen molar-refractivity contribution in [3.8, 4) is 0 Å². The number of aromatic nitrogens is 1. The van der Waals surface area contributed by atoms with Crippen LogP contribution in [0.1, 0.15) is 47.8 Å². The Morgan fingerprint density at radius 3 is 2.73 bits per heavy atom. The normalized spacial score (nSPS) is 15.3. The molecule has 1 aliphatic heterocycles. The van der Waals surface area contributed by atoms with Crippen molar-refractivity contribution < 1.29 is 9.59 Å². The van der Waals surface area contributed by atoms with Gasteiger partial charge in [0, 0.05) is 37.0 Å². The molecule has 0 radical (unpaired) electrons. The van der Waals surface area contributed by atoms with Gasteiger partial charge in [0.25, 0.3) is 5.91 Å². The maximum Gasteiger partial charge on any atom is 0.252 e. The minimum atomic E-state index is -0.269. The van der Waals surface area contributed by atoms with Gasteiger partial charge in [-0.1, -0.05) is 24.3 Å². The monoisotopic (exact) mass is 352 g/mol. The highest BCUT2D eigenvalue weighted by Crippen LogP contribution is 2.27. The smallest absolute Gasteiger partial charge is 0.252 e. The quantitative estimate of drug-likeness (QED) is 0.803. The zero-order valence-corrected chi connectivity index (χ0v) is 15.2. The molecule has 3 rings (SSSR count). The van der Waals surface area contributed by atoms with Gasteiger partial charge in [-0.2, -0.15) is 0 Å². The molecule has 1 atom stereocenters. The summed E-state index contributed by atoms with van der Waals surface area (Å²) in [6.07, 6.45) is 1.99. The molecule has 0 fully saturated rings. The van der Waals surface area contributed by atoms with E-state index < -0.39 is 0 Å². The number of benzene rings is 1. The number of hydrogen-bond donors (Lipinski definition) is 2. The number of nitrogens with one attached hydrogen (secondary N) is 2. The summed E-state index contributed by atoms with van der Waals surface area (Å²) in [5.74, 6) is 0.688.